The van der Waals surface area contributed by atoms with Crippen LogP contribution in [-0.4, -0.2) is 71.7 Å². The van der Waals surface area contributed by atoms with Gasteiger partial charge in [-0.25, -0.2) is 8.42 Å². The van der Waals surface area contributed by atoms with Crippen molar-refractivity contribution in [2.24, 2.45) is 0 Å². The maximum absolute atomic E-state index is 13.0. The van der Waals surface area contributed by atoms with Crippen LogP contribution in [-0.2, 0) is 16.7 Å². The van der Waals surface area contributed by atoms with Gasteiger partial charge in [0, 0.05) is 57.3 Å². The van der Waals surface area contributed by atoms with Crippen molar-refractivity contribution in [2.75, 3.05) is 44.2 Å². The van der Waals surface area contributed by atoms with Crippen LogP contribution in [0.2, 0.25) is 0 Å². The highest BCUT2D eigenvalue weighted by Gasteiger charge is 2.29. The second kappa shape index (κ2) is 8.59. The second-order valence-corrected chi connectivity index (χ2v) is 8.92. The van der Waals surface area contributed by atoms with Gasteiger partial charge in [0.05, 0.1) is 18.1 Å². The highest BCUT2D eigenvalue weighted by Crippen LogP contribution is 2.24. The van der Waals surface area contributed by atoms with E-state index in [1.165, 1.54) is 9.99 Å². The third-order valence-corrected chi connectivity index (χ3v) is 7.66. The van der Waals surface area contributed by atoms with E-state index in [9.17, 15) is 8.42 Å². The number of rotatable bonds is 7. The number of anilines is 1. The fourth-order valence-electron chi connectivity index (χ4n) is 3.78. The van der Waals surface area contributed by atoms with Crippen LogP contribution in [0, 0.1) is 13.8 Å². The van der Waals surface area contributed by atoms with Gasteiger partial charge in [-0.2, -0.15) is 9.40 Å². The largest absolute Gasteiger partial charge is 0.369 e. The van der Waals surface area contributed by atoms with Crippen LogP contribution in [0.1, 0.15) is 25.2 Å². The minimum Gasteiger partial charge on any atom is -0.369 e. The average Bonchev–Trinajstić information content (AvgIpc) is 2.97. The van der Waals surface area contributed by atoms with Crippen molar-refractivity contribution in [1.82, 2.24) is 24.0 Å². The predicted octanol–water partition coefficient (Wildman–Crippen LogP) is 1.71. The third-order valence-electron chi connectivity index (χ3n) is 5.35. The molecule has 0 saturated carbocycles. The van der Waals surface area contributed by atoms with Crippen LogP contribution in [0.15, 0.2) is 29.4 Å². The van der Waals surface area contributed by atoms with Crippen molar-refractivity contribution in [3.8, 4) is 0 Å². The van der Waals surface area contributed by atoms with Crippen molar-refractivity contribution in [1.29, 1.82) is 0 Å². The molecule has 3 heterocycles. The first-order chi connectivity index (χ1) is 13.4. The summed E-state index contributed by atoms with van der Waals surface area (Å²) in [4.78, 5) is 9.08. The monoisotopic (exact) mass is 406 g/mol. The molecule has 3 rings (SSSR count). The molecule has 0 spiro atoms. The van der Waals surface area contributed by atoms with Crippen molar-refractivity contribution in [3.63, 3.8) is 0 Å². The molecular weight excluding hydrogens is 376 g/mol. The van der Waals surface area contributed by atoms with E-state index in [4.69, 9.17) is 0 Å². The minimum atomic E-state index is -3.51. The van der Waals surface area contributed by atoms with Gasteiger partial charge in [0.2, 0.25) is 10.0 Å². The fraction of sp³-hybridized carbons (Fsp3) is 0.579. The van der Waals surface area contributed by atoms with E-state index in [0.717, 1.165) is 26.2 Å². The summed E-state index contributed by atoms with van der Waals surface area (Å²) in [6.07, 6.45) is 3.63. The van der Waals surface area contributed by atoms with Crippen LogP contribution < -0.4 is 4.90 Å². The molecule has 0 atom stereocenters. The number of hydrogen-bond donors (Lipinski definition) is 0. The molecule has 1 aliphatic heterocycles. The standard InChI is InChI=1S/C19H30N6O2S/c1-5-24(6-2)28(26,27)19-16(3)21-25(17(19)4)15-22-11-13-23(14-12-22)18-7-9-20-10-8-18/h7-10H,5-6,11-15H2,1-4H3. The normalized spacial score (nSPS) is 16.1. The van der Waals surface area contributed by atoms with E-state index in [2.05, 4.69) is 19.9 Å². The third kappa shape index (κ3) is 4.06. The topological polar surface area (TPSA) is 74.6 Å². The van der Waals surface area contributed by atoms with Gasteiger partial charge in [-0.15, -0.1) is 0 Å². The van der Waals surface area contributed by atoms with E-state index in [-0.39, 0.29) is 0 Å². The summed E-state index contributed by atoms with van der Waals surface area (Å²) in [5, 5.41) is 4.55. The molecule has 1 saturated heterocycles. The molecule has 0 aliphatic carbocycles. The molecule has 0 bridgehead atoms. The molecule has 8 nitrogen and oxygen atoms in total. The molecule has 0 radical (unpaired) electrons. The Kier molecular flexibility index (Phi) is 6.36. The molecule has 2 aromatic heterocycles. The van der Waals surface area contributed by atoms with Gasteiger partial charge in [-0.05, 0) is 26.0 Å². The van der Waals surface area contributed by atoms with E-state index in [1.807, 2.05) is 50.0 Å². The van der Waals surface area contributed by atoms with Gasteiger partial charge in [0.25, 0.3) is 0 Å². The van der Waals surface area contributed by atoms with Crippen LogP contribution >= 0.6 is 0 Å². The molecule has 9 heteroatoms. The van der Waals surface area contributed by atoms with Crippen LogP contribution in [0.5, 0.6) is 0 Å². The first-order valence-electron chi connectivity index (χ1n) is 9.80. The number of pyridine rings is 1. The Morgan fingerprint density at radius 2 is 1.64 bits per heavy atom. The van der Waals surface area contributed by atoms with Crippen LogP contribution in [0.4, 0.5) is 5.69 Å². The molecule has 2 aromatic rings. The quantitative estimate of drug-likeness (QED) is 0.697. The summed E-state index contributed by atoms with van der Waals surface area (Å²) in [5.74, 6) is 0. The first kappa shape index (κ1) is 20.8. The van der Waals surface area contributed by atoms with Crippen molar-refractivity contribution < 1.29 is 8.42 Å². The van der Waals surface area contributed by atoms with E-state index in [0.29, 0.717) is 36.0 Å². The number of piperazine rings is 1. The maximum atomic E-state index is 13.0. The molecule has 154 valence electrons. The van der Waals surface area contributed by atoms with Crippen molar-refractivity contribution >= 4 is 15.7 Å². The number of aromatic nitrogens is 3. The maximum Gasteiger partial charge on any atom is 0.246 e. The van der Waals surface area contributed by atoms with E-state index in [1.54, 1.807) is 6.92 Å². The fourth-order valence-corrected chi connectivity index (χ4v) is 5.61. The summed E-state index contributed by atoms with van der Waals surface area (Å²) >= 11 is 0. The van der Waals surface area contributed by atoms with E-state index < -0.39 is 10.0 Å². The molecule has 0 aromatic carbocycles. The molecular formula is C19H30N6O2S. The zero-order valence-corrected chi connectivity index (χ0v) is 18.0. The van der Waals surface area contributed by atoms with Gasteiger partial charge >= 0.3 is 0 Å². The summed E-state index contributed by atoms with van der Waals surface area (Å²) in [5.41, 5.74) is 2.47. The van der Waals surface area contributed by atoms with Crippen molar-refractivity contribution in [3.05, 3.63) is 35.9 Å². The lowest BCUT2D eigenvalue weighted by Gasteiger charge is -2.36. The summed E-state index contributed by atoms with van der Waals surface area (Å²) in [6.45, 7) is 12.5. The molecule has 0 unspecified atom stereocenters. The zero-order chi connectivity index (χ0) is 20.3. The Morgan fingerprint density at radius 1 is 1.04 bits per heavy atom. The van der Waals surface area contributed by atoms with Gasteiger partial charge in [0.15, 0.2) is 0 Å². The second-order valence-electron chi connectivity index (χ2n) is 7.04. The van der Waals surface area contributed by atoms with Crippen LogP contribution in [0.3, 0.4) is 0 Å². The molecule has 0 N–H and O–H groups in total. The highest BCUT2D eigenvalue weighted by molar-refractivity contribution is 7.89. The molecule has 1 fully saturated rings. The summed E-state index contributed by atoms with van der Waals surface area (Å²) in [7, 11) is -3.51. The van der Waals surface area contributed by atoms with Crippen LogP contribution in [0.25, 0.3) is 0 Å². The summed E-state index contributed by atoms with van der Waals surface area (Å²) < 4.78 is 29.3. The van der Waals surface area contributed by atoms with Gasteiger partial charge in [-0.1, -0.05) is 13.8 Å². The average molecular weight is 407 g/mol. The smallest absolute Gasteiger partial charge is 0.246 e. The van der Waals surface area contributed by atoms with Gasteiger partial charge < -0.3 is 4.90 Å². The molecule has 28 heavy (non-hydrogen) atoms. The number of sulfonamides is 1. The number of aryl methyl sites for hydroxylation is 1. The molecule has 1 aliphatic rings. The van der Waals surface area contributed by atoms with Gasteiger partial charge in [-0.3, -0.25) is 14.6 Å². The zero-order valence-electron chi connectivity index (χ0n) is 17.2. The lowest BCUT2D eigenvalue weighted by atomic mass is 10.3. The lowest BCUT2D eigenvalue weighted by molar-refractivity contribution is 0.193. The SMILES string of the molecule is CCN(CC)S(=O)(=O)c1c(C)nn(CN2CCN(c3ccncc3)CC2)c1C. The Hall–Kier alpha value is -1.97. The molecule has 0 amide bonds. The van der Waals surface area contributed by atoms with Gasteiger partial charge in [0.1, 0.15) is 4.90 Å². The predicted molar refractivity (Wildman–Crippen MR) is 110 cm³/mol. The Bertz CT molecular complexity index is 885. The van der Waals surface area contributed by atoms with E-state index >= 15 is 0 Å². The highest BCUT2D eigenvalue weighted by atomic mass is 32.2. The Labute approximate surface area is 167 Å². The Balaban J connectivity index is 1.71. The Morgan fingerprint density at radius 3 is 2.21 bits per heavy atom. The number of hydrogen-bond acceptors (Lipinski definition) is 6. The lowest BCUT2D eigenvalue weighted by Crippen LogP contribution is -2.47. The summed E-state index contributed by atoms with van der Waals surface area (Å²) in [6, 6.07) is 4.06. The van der Waals surface area contributed by atoms with Crippen molar-refractivity contribution in [2.45, 2.75) is 39.3 Å². The minimum absolute atomic E-state index is 0.353. The number of nitrogens with zero attached hydrogens (tertiary/aromatic N) is 6. The first-order valence-corrected chi connectivity index (χ1v) is 11.2.